The van der Waals surface area contributed by atoms with Crippen LogP contribution in [0, 0.1) is 0 Å². The van der Waals surface area contributed by atoms with Crippen molar-refractivity contribution in [1.29, 1.82) is 0 Å². The van der Waals surface area contributed by atoms with E-state index in [4.69, 9.17) is 15.2 Å². The van der Waals surface area contributed by atoms with Crippen molar-refractivity contribution < 1.29 is 14.3 Å². The van der Waals surface area contributed by atoms with Gasteiger partial charge in [0, 0.05) is 33.9 Å². The maximum absolute atomic E-state index is 12.0. The van der Waals surface area contributed by atoms with Gasteiger partial charge in [0.05, 0.1) is 12.6 Å². The Balaban J connectivity index is 4.17. The van der Waals surface area contributed by atoms with Gasteiger partial charge in [0.2, 0.25) is 5.91 Å². The van der Waals surface area contributed by atoms with Crippen LogP contribution in [0.2, 0.25) is 0 Å². The summed E-state index contributed by atoms with van der Waals surface area (Å²) in [6, 6.07) is -0.389. The molecule has 0 radical (unpaired) electrons. The summed E-state index contributed by atoms with van der Waals surface area (Å²) in [6.45, 7) is 4.48. The lowest BCUT2D eigenvalue weighted by molar-refractivity contribution is -0.133. The highest BCUT2D eigenvalue weighted by atomic mass is 16.5. The lowest BCUT2D eigenvalue weighted by Gasteiger charge is -2.25. The van der Waals surface area contributed by atoms with E-state index in [2.05, 4.69) is 0 Å². The molecule has 0 aromatic heterocycles. The molecule has 0 aliphatic heterocycles. The predicted octanol–water partition coefficient (Wildman–Crippen LogP) is 0.625. The summed E-state index contributed by atoms with van der Waals surface area (Å²) >= 11 is 0. The van der Waals surface area contributed by atoms with Crippen molar-refractivity contribution >= 4 is 5.91 Å². The second-order valence-corrected chi connectivity index (χ2v) is 4.06. The van der Waals surface area contributed by atoms with Crippen LogP contribution in [0.4, 0.5) is 0 Å². The SMILES string of the molecule is CCC[C@@H](N)C(=O)N(CCCOC)CCOC. The number of ether oxygens (including phenoxy) is 2. The number of nitrogens with zero attached hydrogens (tertiary/aromatic N) is 1. The van der Waals surface area contributed by atoms with E-state index >= 15 is 0 Å². The first kappa shape index (κ1) is 16.4. The number of methoxy groups -OCH3 is 2. The molecule has 0 bridgehead atoms. The van der Waals surface area contributed by atoms with E-state index in [1.807, 2.05) is 6.92 Å². The van der Waals surface area contributed by atoms with Crippen LogP contribution < -0.4 is 5.73 Å². The second kappa shape index (κ2) is 10.5. The predicted molar refractivity (Wildman–Crippen MR) is 67.8 cm³/mol. The van der Waals surface area contributed by atoms with Crippen LogP contribution in [-0.2, 0) is 14.3 Å². The molecule has 0 unspecified atom stereocenters. The zero-order valence-corrected chi connectivity index (χ0v) is 11.3. The first-order valence-corrected chi connectivity index (χ1v) is 6.19. The molecule has 0 rings (SSSR count). The van der Waals surface area contributed by atoms with Crippen molar-refractivity contribution in [2.24, 2.45) is 5.73 Å². The summed E-state index contributed by atoms with van der Waals surface area (Å²) in [7, 11) is 3.29. The quantitative estimate of drug-likeness (QED) is 0.574. The molecular weight excluding hydrogens is 220 g/mol. The molecule has 5 heteroatoms. The zero-order valence-electron chi connectivity index (χ0n) is 11.3. The summed E-state index contributed by atoms with van der Waals surface area (Å²) in [5.41, 5.74) is 5.84. The van der Waals surface area contributed by atoms with Crippen LogP contribution in [-0.4, -0.2) is 57.4 Å². The summed E-state index contributed by atoms with van der Waals surface area (Å²) < 4.78 is 9.99. The third kappa shape index (κ3) is 7.31. The van der Waals surface area contributed by atoms with E-state index in [9.17, 15) is 4.79 Å². The van der Waals surface area contributed by atoms with Crippen molar-refractivity contribution in [3.05, 3.63) is 0 Å². The smallest absolute Gasteiger partial charge is 0.239 e. The van der Waals surface area contributed by atoms with Gasteiger partial charge in [-0.3, -0.25) is 4.79 Å². The van der Waals surface area contributed by atoms with Gasteiger partial charge in [-0.15, -0.1) is 0 Å². The molecule has 0 spiro atoms. The molecule has 0 fully saturated rings. The van der Waals surface area contributed by atoms with Gasteiger partial charge in [-0.2, -0.15) is 0 Å². The van der Waals surface area contributed by atoms with Crippen molar-refractivity contribution in [2.45, 2.75) is 32.2 Å². The third-order valence-electron chi connectivity index (χ3n) is 2.57. The first-order valence-electron chi connectivity index (χ1n) is 6.19. The molecule has 0 aromatic carbocycles. The van der Waals surface area contributed by atoms with E-state index in [0.29, 0.717) is 26.3 Å². The first-order chi connectivity index (χ1) is 8.17. The number of carbonyl (C=O) groups excluding carboxylic acids is 1. The Bertz CT molecular complexity index is 200. The molecule has 0 aliphatic carbocycles. The minimum atomic E-state index is -0.389. The van der Waals surface area contributed by atoms with Crippen LogP contribution in [0.5, 0.6) is 0 Å². The van der Waals surface area contributed by atoms with E-state index in [-0.39, 0.29) is 11.9 Å². The normalized spacial score (nSPS) is 12.5. The van der Waals surface area contributed by atoms with E-state index in [0.717, 1.165) is 19.3 Å². The van der Waals surface area contributed by atoms with Crippen molar-refractivity contribution in [2.75, 3.05) is 40.5 Å². The molecule has 1 atom stereocenters. The number of hydrogen-bond acceptors (Lipinski definition) is 4. The Morgan fingerprint density at radius 2 is 1.88 bits per heavy atom. The Morgan fingerprint density at radius 3 is 2.41 bits per heavy atom. The molecule has 0 aliphatic rings. The largest absolute Gasteiger partial charge is 0.385 e. The summed E-state index contributed by atoms with van der Waals surface area (Å²) in [5.74, 6) is 0.0139. The van der Waals surface area contributed by atoms with Gasteiger partial charge >= 0.3 is 0 Å². The molecule has 0 heterocycles. The highest BCUT2D eigenvalue weighted by Crippen LogP contribution is 2.01. The van der Waals surface area contributed by atoms with Crippen molar-refractivity contribution in [3.63, 3.8) is 0 Å². The van der Waals surface area contributed by atoms with Crippen molar-refractivity contribution in [1.82, 2.24) is 4.90 Å². The molecule has 102 valence electrons. The van der Waals surface area contributed by atoms with E-state index < -0.39 is 0 Å². The van der Waals surface area contributed by atoms with E-state index in [1.54, 1.807) is 19.1 Å². The lowest BCUT2D eigenvalue weighted by atomic mass is 10.1. The number of carbonyl (C=O) groups is 1. The molecule has 1 amide bonds. The van der Waals surface area contributed by atoms with Gasteiger partial charge in [-0.05, 0) is 12.8 Å². The topological polar surface area (TPSA) is 64.8 Å². The lowest BCUT2D eigenvalue weighted by Crippen LogP contribution is -2.45. The van der Waals surface area contributed by atoms with Crippen LogP contribution in [0.1, 0.15) is 26.2 Å². The molecule has 0 saturated heterocycles. The summed E-state index contributed by atoms with van der Waals surface area (Å²) in [5, 5.41) is 0. The zero-order chi connectivity index (χ0) is 13.1. The molecule has 2 N–H and O–H groups in total. The molecule has 0 aromatic rings. The third-order valence-corrected chi connectivity index (χ3v) is 2.57. The maximum Gasteiger partial charge on any atom is 0.239 e. The number of rotatable bonds is 10. The van der Waals surface area contributed by atoms with Crippen LogP contribution >= 0.6 is 0 Å². The fraction of sp³-hybridized carbons (Fsp3) is 0.917. The second-order valence-electron chi connectivity index (χ2n) is 4.06. The van der Waals surface area contributed by atoms with Gasteiger partial charge in [0.1, 0.15) is 0 Å². The molecule has 17 heavy (non-hydrogen) atoms. The highest BCUT2D eigenvalue weighted by molar-refractivity contribution is 5.81. The Labute approximate surface area is 104 Å². The molecule has 5 nitrogen and oxygen atoms in total. The Morgan fingerprint density at radius 1 is 1.24 bits per heavy atom. The minimum absolute atomic E-state index is 0.0139. The molecular formula is C12H26N2O3. The standard InChI is InChI=1S/C12H26N2O3/c1-4-6-11(13)12(15)14(8-10-17-3)7-5-9-16-2/h11H,4-10,13H2,1-3H3/t11-/m1/s1. The Hall–Kier alpha value is -0.650. The number of nitrogens with two attached hydrogens (primary N) is 1. The highest BCUT2D eigenvalue weighted by Gasteiger charge is 2.19. The number of amides is 1. The minimum Gasteiger partial charge on any atom is -0.385 e. The Kier molecular flexibility index (Phi) is 10.1. The maximum atomic E-state index is 12.0. The van der Waals surface area contributed by atoms with Gasteiger partial charge < -0.3 is 20.1 Å². The van der Waals surface area contributed by atoms with E-state index in [1.165, 1.54) is 0 Å². The van der Waals surface area contributed by atoms with Crippen LogP contribution in [0.3, 0.4) is 0 Å². The average molecular weight is 246 g/mol. The molecule has 0 saturated carbocycles. The van der Waals surface area contributed by atoms with Gasteiger partial charge in [0.15, 0.2) is 0 Å². The van der Waals surface area contributed by atoms with Crippen LogP contribution in [0.15, 0.2) is 0 Å². The van der Waals surface area contributed by atoms with Gasteiger partial charge in [-0.25, -0.2) is 0 Å². The van der Waals surface area contributed by atoms with Gasteiger partial charge in [0.25, 0.3) is 0 Å². The fourth-order valence-corrected chi connectivity index (χ4v) is 1.60. The monoisotopic (exact) mass is 246 g/mol. The number of hydrogen-bond donors (Lipinski definition) is 1. The van der Waals surface area contributed by atoms with Crippen LogP contribution in [0.25, 0.3) is 0 Å². The summed E-state index contributed by atoms with van der Waals surface area (Å²) in [6.07, 6.45) is 2.47. The summed E-state index contributed by atoms with van der Waals surface area (Å²) in [4.78, 5) is 13.8. The van der Waals surface area contributed by atoms with Crippen molar-refractivity contribution in [3.8, 4) is 0 Å². The van der Waals surface area contributed by atoms with Gasteiger partial charge in [-0.1, -0.05) is 13.3 Å². The fourth-order valence-electron chi connectivity index (χ4n) is 1.60. The average Bonchev–Trinajstić information content (AvgIpc) is 2.33.